The molecule has 4 aromatic rings. The van der Waals surface area contributed by atoms with Crippen molar-refractivity contribution in [2.75, 3.05) is 23.4 Å². The van der Waals surface area contributed by atoms with Crippen LogP contribution in [-0.2, 0) is 4.79 Å². The molecule has 0 N–H and O–H groups in total. The molecule has 1 aliphatic rings. The highest BCUT2D eigenvalue weighted by atomic mass is 19.1. The van der Waals surface area contributed by atoms with Gasteiger partial charge in [-0.15, -0.1) is 0 Å². The Morgan fingerprint density at radius 2 is 1.74 bits per heavy atom. The number of hydrogen-bond donors (Lipinski definition) is 0. The van der Waals surface area contributed by atoms with E-state index in [1.807, 2.05) is 48.3 Å². The average molecular weight is 413 g/mol. The van der Waals surface area contributed by atoms with Gasteiger partial charge in [-0.2, -0.15) is 0 Å². The molecule has 154 valence electrons. The summed E-state index contributed by atoms with van der Waals surface area (Å²) in [7, 11) is 1.86. The number of benzene rings is 2. The zero-order chi connectivity index (χ0) is 21.4. The van der Waals surface area contributed by atoms with E-state index >= 15 is 0 Å². The van der Waals surface area contributed by atoms with Crippen LogP contribution < -0.4 is 9.80 Å². The van der Waals surface area contributed by atoms with Gasteiger partial charge in [0.15, 0.2) is 5.82 Å². The number of anilines is 2. The molecule has 3 heterocycles. The van der Waals surface area contributed by atoms with E-state index in [0.717, 1.165) is 16.5 Å². The predicted octanol–water partition coefficient (Wildman–Crippen LogP) is 4.07. The minimum absolute atomic E-state index is 0.138. The van der Waals surface area contributed by atoms with Gasteiger partial charge in [-0.25, -0.2) is 14.4 Å². The topological polar surface area (TPSA) is 62.2 Å². The van der Waals surface area contributed by atoms with Crippen molar-refractivity contribution in [1.82, 2.24) is 15.0 Å². The number of carbonyl (C=O) groups excluding carboxylic acids is 1. The Kier molecular flexibility index (Phi) is 4.78. The molecule has 31 heavy (non-hydrogen) atoms. The van der Waals surface area contributed by atoms with Crippen LogP contribution in [0.4, 0.5) is 15.9 Å². The van der Waals surface area contributed by atoms with Gasteiger partial charge in [-0.1, -0.05) is 24.3 Å². The number of para-hydroxylation sites is 2. The van der Waals surface area contributed by atoms with E-state index in [1.54, 1.807) is 30.6 Å². The van der Waals surface area contributed by atoms with Gasteiger partial charge in [-0.05, 0) is 42.8 Å². The number of aromatic nitrogens is 3. The number of nitrogens with zero attached hydrogens (tertiary/aromatic N) is 5. The molecule has 6 nitrogen and oxygen atoms in total. The predicted molar refractivity (Wildman–Crippen MR) is 118 cm³/mol. The number of pyridine rings is 1. The Hall–Kier alpha value is -3.87. The number of rotatable bonds is 4. The minimum atomic E-state index is -0.441. The van der Waals surface area contributed by atoms with E-state index < -0.39 is 11.9 Å². The standard InChI is InChI=1S/C24H20FN5O/c1-29(21-12-15-30(24(21)31)20-9-5-3-7-18(20)25)23-17-6-2-4-8-19(17)27-22(28-23)16-10-13-26-14-11-16/h2-11,13-14,21H,12,15H2,1H3. The second-order valence-corrected chi connectivity index (χ2v) is 7.48. The molecule has 1 fully saturated rings. The molecule has 1 atom stereocenters. The normalized spacial score (nSPS) is 16.1. The number of fused-ring (bicyclic) bond motifs is 1. The lowest BCUT2D eigenvalue weighted by molar-refractivity contribution is -0.118. The molecule has 5 rings (SSSR count). The Balaban J connectivity index is 1.55. The van der Waals surface area contributed by atoms with Crippen LogP contribution in [0, 0.1) is 5.82 Å². The van der Waals surface area contributed by atoms with Crippen molar-refractivity contribution in [2.45, 2.75) is 12.5 Å². The van der Waals surface area contributed by atoms with Gasteiger partial charge in [0.05, 0.1) is 11.2 Å². The van der Waals surface area contributed by atoms with E-state index in [1.165, 1.54) is 11.0 Å². The van der Waals surface area contributed by atoms with E-state index in [-0.39, 0.29) is 5.91 Å². The first-order valence-electron chi connectivity index (χ1n) is 10.1. The van der Waals surface area contributed by atoms with Crippen molar-refractivity contribution < 1.29 is 9.18 Å². The van der Waals surface area contributed by atoms with Gasteiger partial charge >= 0.3 is 0 Å². The number of hydrogen-bond acceptors (Lipinski definition) is 5. The van der Waals surface area contributed by atoms with E-state index in [2.05, 4.69) is 4.98 Å². The zero-order valence-electron chi connectivity index (χ0n) is 16.9. The number of amides is 1. The highest BCUT2D eigenvalue weighted by Gasteiger charge is 2.37. The van der Waals surface area contributed by atoms with Gasteiger partial charge < -0.3 is 9.80 Å². The first-order chi connectivity index (χ1) is 15.1. The van der Waals surface area contributed by atoms with Crippen molar-refractivity contribution in [2.24, 2.45) is 0 Å². The Bertz CT molecular complexity index is 1260. The highest BCUT2D eigenvalue weighted by Crippen LogP contribution is 2.32. The van der Waals surface area contributed by atoms with Gasteiger partial charge in [-0.3, -0.25) is 9.78 Å². The van der Waals surface area contributed by atoms with Gasteiger partial charge in [0.25, 0.3) is 0 Å². The molecule has 0 saturated carbocycles. The Morgan fingerprint density at radius 3 is 2.55 bits per heavy atom. The summed E-state index contributed by atoms with van der Waals surface area (Å²) in [6, 6.07) is 17.4. The van der Waals surface area contributed by atoms with Crippen molar-refractivity contribution in [3.8, 4) is 11.4 Å². The molecular weight excluding hydrogens is 393 g/mol. The summed E-state index contributed by atoms with van der Waals surface area (Å²) in [5.74, 6) is 0.706. The second-order valence-electron chi connectivity index (χ2n) is 7.48. The van der Waals surface area contributed by atoms with Crippen molar-refractivity contribution in [1.29, 1.82) is 0 Å². The fourth-order valence-electron chi connectivity index (χ4n) is 4.04. The molecule has 0 bridgehead atoms. The summed E-state index contributed by atoms with van der Waals surface area (Å²) >= 11 is 0. The van der Waals surface area contributed by atoms with Crippen LogP contribution in [-0.4, -0.2) is 40.5 Å². The lowest BCUT2D eigenvalue weighted by atomic mass is 10.1. The molecule has 0 spiro atoms. The molecule has 1 unspecified atom stereocenters. The largest absolute Gasteiger partial charge is 0.347 e. The van der Waals surface area contributed by atoms with Crippen LogP contribution >= 0.6 is 0 Å². The van der Waals surface area contributed by atoms with Gasteiger partial charge in [0.1, 0.15) is 17.7 Å². The fourth-order valence-corrected chi connectivity index (χ4v) is 4.04. The maximum absolute atomic E-state index is 14.3. The number of carbonyl (C=O) groups is 1. The summed E-state index contributed by atoms with van der Waals surface area (Å²) in [5, 5.41) is 0.861. The average Bonchev–Trinajstić information content (AvgIpc) is 3.19. The first kappa shape index (κ1) is 19.1. The summed E-state index contributed by atoms with van der Waals surface area (Å²) in [5.41, 5.74) is 1.96. The summed E-state index contributed by atoms with van der Waals surface area (Å²) < 4.78 is 14.3. The van der Waals surface area contributed by atoms with Crippen molar-refractivity contribution in [3.05, 3.63) is 78.9 Å². The van der Waals surface area contributed by atoms with Crippen LogP contribution in [0.15, 0.2) is 73.1 Å². The molecule has 1 saturated heterocycles. The third kappa shape index (κ3) is 3.38. The van der Waals surface area contributed by atoms with Gasteiger partial charge in [0, 0.05) is 36.9 Å². The zero-order valence-corrected chi connectivity index (χ0v) is 16.9. The quantitative estimate of drug-likeness (QED) is 0.505. The second kappa shape index (κ2) is 7.75. The van der Waals surface area contributed by atoms with E-state index in [0.29, 0.717) is 30.3 Å². The highest BCUT2D eigenvalue weighted by molar-refractivity contribution is 6.02. The molecular formula is C24H20FN5O. The van der Waals surface area contributed by atoms with Crippen LogP contribution in [0.1, 0.15) is 6.42 Å². The van der Waals surface area contributed by atoms with Crippen LogP contribution in [0.2, 0.25) is 0 Å². The van der Waals surface area contributed by atoms with Crippen molar-refractivity contribution in [3.63, 3.8) is 0 Å². The number of halogens is 1. The Morgan fingerprint density at radius 1 is 1.00 bits per heavy atom. The summed E-state index contributed by atoms with van der Waals surface area (Å²) in [4.78, 5) is 30.2. The molecule has 7 heteroatoms. The minimum Gasteiger partial charge on any atom is -0.347 e. The SMILES string of the molecule is CN(c1nc(-c2ccncc2)nc2ccccc12)C1CCN(c2ccccc2F)C1=O. The summed E-state index contributed by atoms with van der Waals surface area (Å²) in [6.45, 7) is 0.453. The Labute approximate surface area is 179 Å². The van der Waals surface area contributed by atoms with Crippen molar-refractivity contribution >= 4 is 28.3 Å². The third-order valence-electron chi connectivity index (χ3n) is 5.64. The molecule has 0 aliphatic carbocycles. The first-order valence-corrected chi connectivity index (χ1v) is 10.1. The smallest absolute Gasteiger partial charge is 0.249 e. The molecule has 1 aliphatic heterocycles. The van der Waals surface area contributed by atoms with Crippen LogP contribution in [0.25, 0.3) is 22.3 Å². The number of likely N-dealkylation sites (N-methyl/N-ethyl adjacent to an activating group) is 1. The maximum Gasteiger partial charge on any atom is 0.249 e. The lowest BCUT2D eigenvalue weighted by Gasteiger charge is -2.26. The molecule has 0 radical (unpaired) electrons. The molecule has 1 amide bonds. The van der Waals surface area contributed by atoms with Gasteiger partial charge in [0.2, 0.25) is 5.91 Å². The van der Waals surface area contributed by atoms with E-state index in [9.17, 15) is 9.18 Å². The van der Waals surface area contributed by atoms with Crippen LogP contribution in [0.5, 0.6) is 0 Å². The third-order valence-corrected chi connectivity index (χ3v) is 5.64. The lowest BCUT2D eigenvalue weighted by Crippen LogP contribution is -2.40. The molecule has 2 aromatic carbocycles. The summed E-state index contributed by atoms with van der Waals surface area (Å²) in [6.07, 6.45) is 3.97. The van der Waals surface area contributed by atoms with E-state index in [4.69, 9.17) is 9.97 Å². The monoisotopic (exact) mass is 413 g/mol. The van der Waals surface area contributed by atoms with Crippen LogP contribution in [0.3, 0.4) is 0 Å². The molecule has 2 aromatic heterocycles. The fraction of sp³-hybridized carbons (Fsp3) is 0.167. The maximum atomic E-state index is 14.3.